The quantitative estimate of drug-likeness (QED) is 0.442. The van der Waals surface area contributed by atoms with E-state index in [1.807, 2.05) is 0 Å². The summed E-state index contributed by atoms with van der Waals surface area (Å²) in [5.41, 5.74) is 4.30. The van der Waals surface area contributed by atoms with E-state index >= 15 is 0 Å². The molecule has 1 unspecified atom stereocenters. The van der Waals surface area contributed by atoms with E-state index in [2.05, 4.69) is 10.4 Å². The Morgan fingerprint density at radius 1 is 1.28 bits per heavy atom. The number of carbonyl (C=O) groups excluding carboxylic acids is 1. The van der Waals surface area contributed by atoms with Gasteiger partial charge in [0, 0.05) is 18.0 Å². The van der Waals surface area contributed by atoms with Gasteiger partial charge in [0.05, 0.1) is 16.3 Å². The summed E-state index contributed by atoms with van der Waals surface area (Å²) in [6.07, 6.45) is 6.08. The highest BCUT2D eigenvalue weighted by molar-refractivity contribution is 6.33. The van der Waals surface area contributed by atoms with Crippen molar-refractivity contribution >= 4 is 17.5 Å². The lowest BCUT2D eigenvalue weighted by Crippen LogP contribution is -2.48. The second kappa shape index (κ2) is 9.97. The van der Waals surface area contributed by atoms with Crippen LogP contribution in [0.5, 0.6) is 0 Å². The van der Waals surface area contributed by atoms with E-state index in [1.165, 1.54) is 18.2 Å². The Bertz CT molecular complexity index is 1080. The molecule has 0 bridgehead atoms. The first-order valence-corrected chi connectivity index (χ1v) is 11.2. The Morgan fingerprint density at radius 3 is 2.56 bits per heavy atom. The highest BCUT2D eigenvalue weighted by Crippen LogP contribution is 2.25. The smallest absolute Gasteiger partial charge is 0.352 e. The first-order valence-electron chi connectivity index (χ1n) is 10.8. The van der Waals surface area contributed by atoms with Crippen LogP contribution in [-0.2, 0) is 6.54 Å². The van der Waals surface area contributed by atoms with E-state index < -0.39 is 28.9 Å². The molecule has 3 rings (SSSR count). The van der Waals surface area contributed by atoms with Crippen molar-refractivity contribution in [3.8, 4) is 5.69 Å². The minimum absolute atomic E-state index is 0.00169. The molecular formula is C22H30ClN5O4. The Labute approximate surface area is 191 Å². The van der Waals surface area contributed by atoms with Gasteiger partial charge < -0.3 is 16.2 Å². The van der Waals surface area contributed by atoms with Gasteiger partial charge in [0.25, 0.3) is 11.5 Å². The second-order valence-electron chi connectivity index (χ2n) is 9.09. The molecule has 1 saturated carbocycles. The van der Waals surface area contributed by atoms with Crippen LogP contribution < -0.4 is 22.3 Å². The van der Waals surface area contributed by atoms with Crippen molar-refractivity contribution in [1.82, 2.24) is 19.7 Å². The molecular weight excluding hydrogens is 434 g/mol. The van der Waals surface area contributed by atoms with Crippen LogP contribution in [0.3, 0.4) is 0 Å². The molecule has 4 N–H and O–H groups in total. The van der Waals surface area contributed by atoms with Crippen LogP contribution in [0.2, 0.25) is 5.02 Å². The fourth-order valence-corrected chi connectivity index (χ4v) is 4.14. The third-order valence-corrected chi connectivity index (χ3v) is 5.92. The minimum atomic E-state index is -0.977. The number of hydrogen-bond donors (Lipinski definition) is 3. The van der Waals surface area contributed by atoms with Gasteiger partial charge in [0.15, 0.2) is 0 Å². The maximum atomic E-state index is 12.9. The zero-order chi connectivity index (χ0) is 23.5. The number of amides is 1. The van der Waals surface area contributed by atoms with Crippen LogP contribution in [0.1, 0.15) is 62.7 Å². The number of benzene rings is 1. The lowest BCUT2D eigenvalue weighted by Gasteiger charge is -2.22. The summed E-state index contributed by atoms with van der Waals surface area (Å²) in [5.74, 6) is -0.547. The number of halogens is 1. The number of nitrogens with two attached hydrogens (primary N) is 1. The first kappa shape index (κ1) is 24.2. The van der Waals surface area contributed by atoms with Gasteiger partial charge in [-0.3, -0.25) is 14.2 Å². The summed E-state index contributed by atoms with van der Waals surface area (Å²) in [4.78, 5) is 37.9. The molecule has 2 aromatic rings. The number of carbonyl (C=O) groups is 1. The second-order valence-corrected chi connectivity index (χ2v) is 9.49. The third kappa shape index (κ3) is 5.85. The average molecular weight is 464 g/mol. The van der Waals surface area contributed by atoms with Crippen LogP contribution in [0.25, 0.3) is 5.69 Å². The molecule has 1 atom stereocenters. The van der Waals surface area contributed by atoms with Crippen molar-refractivity contribution in [3.63, 3.8) is 0 Å². The monoisotopic (exact) mass is 463 g/mol. The van der Waals surface area contributed by atoms with E-state index in [0.29, 0.717) is 0 Å². The maximum Gasteiger partial charge on any atom is 0.352 e. The van der Waals surface area contributed by atoms with Crippen molar-refractivity contribution in [1.29, 1.82) is 0 Å². The van der Waals surface area contributed by atoms with Crippen LogP contribution in [0.15, 0.2) is 34.0 Å². The van der Waals surface area contributed by atoms with Crippen molar-refractivity contribution < 1.29 is 9.90 Å². The molecule has 1 heterocycles. The molecule has 174 valence electrons. The SMILES string of the molecule is CC(C)(N)Cn1c(=O)cnn(-c2ccc(Cl)c(C(=O)NC(O)C3CCCCCC3)c2)c1=O. The van der Waals surface area contributed by atoms with Gasteiger partial charge in [-0.05, 0) is 44.9 Å². The van der Waals surface area contributed by atoms with E-state index in [1.54, 1.807) is 13.8 Å². The van der Waals surface area contributed by atoms with Gasteiger partial charge >= 0.3 is 5.69 Å². The maximum absolute atomic E-state index is 12.9. The number of hydrogen-bond acceptors (Lipinski definition) is 6. The molecule has 9 nitrogen and oxygen atoms in total. The molecule has 0 saturated heterocycles. The summed E-state index contributed by atoms with van der Waals surface area (Å²) in [7, 11) is 0. The van der Waals surface area contributed by atoms with Crippen molar-refractivity contribution in [2.24, 2.45) is 11.7 Å². The van der Waals surface area contributed by atoms with E-state index in [4.69, 9.17) is 17.3 Å². The van der Waals surface area contributed by atoms with Gasteiger partial charge in [-0.2, -0.15) is 9.78 Å². The summed E-state index contributed by atoms with van der Waals surface area (Å²) < 4.78 is 2.01. The zero-order valence-corrected chi connectivity index (χ0v) is 19.1. The van der Waals surface area contributed by atoms with Gasteiger partial charge in [-0.15, -0.1) is 0 Å². The molecule has 32 heavy (non-hydrogen) atoms. The number of aliphatic hydroxyl groups excluding tert-OH is 1. The summed E-state index contributed by atoms with van der Waals surface area (Å²) in [6.45, 7) is 3.41. The molecule has 1 aromatic carbocycles. The minimum Gasteiger partial charge on any atom is -0.373 e. The fourth-order valence-electron chi connectivity index (χ4n) is 3.94. The van der Waals surface area contributed by atoms with Crippen molar-refractivity contribution in [3.05, 3.63) is 55.8 Å². The fraction of sp³-hybridized carbons (Fsp3) is 0.545. The lowest BCUT2D eigenvalue weighted by atomic mass is 9.98. The van der Waals surface area contributed by atoms with Gasteiger partial charge in [-0.1, -0.05) is 37.3 Å². The average Bonchev–Trinajstić information content (AvgIpc) is 3.01. The highest BCUT2D eigenvalue weighted by Gasteiger charge is 2.24. The predicted octanol–water partition coefficient (Wildman–Crippen LogP) is 1.80. The molecule has 1 amide bonds. The summed E-state index contributed by atoms with van der Waals surface area (Å²) in [5, 5.41) is 17.3. The van der Waals surface area contributed by atoms with E-state index in [9.17, 15) is 19.5 Å². The van der Waals surface area contributed by atoms with Crippen molar-refractivity contribution in [2.45, 2.75) is 70.7 Å². The Morgan fingerprint density at radius 2 is 1.94 bits per heavy atom. The van der Waals surface area contributed by atoms with Crippen LogP contribution >= 0.6 is 11.6 Å². The number of rotatable bonds is 6. The van der Waals surface area contributed by atoms with Gasteiger partial charge in [0.2, 0.25) is 0 Å². The third-order valence-electron chi connectivity index (χ3n) is 5.59. The zero-order valence-electron chi connectivity index (χ0n) is 18.4. The van der Waals surface area contributed by atoms with E-state index in [0.717, 1.165) is 54.0 Å². The van der Waals surface area contributed by atoms with Crippen LogP contribution in [0.4, 0.5) is 0 Å². The number of nitrogens with zero attached hydrogens (tertiary/aromatic N) is 3. The lowest BCUT2D eigenvalue weighted by molar-refractivity contribution is 0.0532. The van der Waals surface area contributed by atoms with Gasteiger partial charge in [-0.25, -0.2) is 4.79 Å². The molecule has 0 radical (unpaired) electrons. The molecule has 10 heteroatoms. The Kier molecular flexibility index (Phi) is 7.53. The topological polar surface area (TPSA) is 132 Å². The van der Waals surface area contributed by atoms with Crippen LogP contribution in [0, 0.1) is 5.92 Å². The van der Waals surface area contributed by atoms with E-state index in [-0.39, 0.29) is 28.7 Å². The predicted molar refractivity (Wildman–Crippen MR) is 122 cm³/mol. The Hall–Kier alpha value is -2.49. The van der Waals surface area contributed by atoms with Crippen molar-refractivity contribution in [2.75, 3.05) is 0 Å². The standard InChI is InChI=1S/C22H30ClN5O4/c1-22(2,24)13-27-18(29)12-25-28(21(27)32)15-9-10-17(23)16(11-15)20(31)26-19(30)14-7-5-3-4-6-8-14/h9-12,14,19,30H,3-8,13,24H2,1-2H3,(H,26,31). The number of nitrogens with one attached hydrogen (secondary N) is 1. The molecule has 0 spiro atoms. The Balaban J connectivity index is 1.89. The molecule has 1 fully saturated rings. The largest absolute Gasteiger partial charge is 0.373 e. The molecule has 1 aromatic heterocycles. The van der Waals surface area contributed by atoms with Gasteiger partial charge in [0.1, 0.15) is 12.4 Å². The number of aliphatic hydroxyl groups is 1. The first-order chi connectivity index (χ1) is 15.1. The summed E-state index contributed by atoms with van der Waals surface area (Å²) in [6, 6.07) is 4.41. The normalized spacial score (nSPS) is 16.4. The molecule has 1 aliphatic rings. The van der Waals surface area contributed by atoms with Crippen LogP contribution in [-0.4, -0.2) is 37.1 Å². The molecule has 1 aliphatic carbocycles. The number of aromatic nitrogens is 3. The highest BCUT2D eigenvalue weighted by atomic mass is 35.5. The summed E-state index contributed by atoms with van der Waals surface area (Å²) >= 11 is 6.24. The molecule has 0 aliphatic heterocycles.